The van der Waals surface area contributed by atoms with Gasteiger partial charge in [0.15, 0.2) is 0 Å². The van der Waals surface area contributed by atoms with Crippen LogP contribution < -0.4 is 16.4 Å². The van der Waals surface area contributed by atoms with Crippen molar-refractivity contribution in [1.82, 2.24) is 15.6 Å². The summed E-state index contributed by atoms with van der Waals surface area (Å²) < 4.78 is 0. The Bertz CT molecular complexity index is 408. The average Bonchev–Trinajstić information content (AvgIpc) is 2.35. The van der Waals surface area contributed by atoms with Crippen LogP contribution in [0.4, 0.5) is 10.6 Å². The van der Waals surface area contributed by atoms with Gasteiger partial charge in [0.2, 0.25) is 5.91 Å². The van der Waals surface area contributed by atoms with E-state index in [1.54, 1.807) is 18.3 Å². The van der Waals surface area contributed by atoms with E-state index in [1.807, 2.05) is 6.92 Å². The lowest BCUT2D eigenvalue weighted by Gasteiger charge is -2.05. The molecule has 4 N–H and O–H groups in total. The summed E-state index contributed by atoms with van der Waals surface area (Å²) >= 11 is 1.29. The number of nitrogens with one attached hydrogen (secondary N) is 2. The zero-order valence-electron chi connectivity index (χ0n) is 10.1. The second-order valence-corrected chi connectivity index (χ2v) is 4.56. The molecule has 1 aromatic heterocycles. The third kappa shape index (κ3) is 5.53. The SMILES string of the molecule is CCCNC(=O)NC(=O)CSc1ccc(N)nc1. The van der Waals surface area contributed by atoms with Crippen molar-refractivity contribution in [3.8, 4) is 0 Å². The van der Waals surface area contributed by atoms with Gasteiger partial charge in [0.05, 0.1) is 5.75 Å². The van der Waals surface area contributed by atoms with Gasteiger partial charge in [-0.1, -0.05) is 6.92 Å². The van der Waals surface area contributed by atoms with Gasteiger partial charge in [-0.3, -0.25) is 10.1 Å². The van der Waals surface area contributed by atoms with Crippen LogP contribution >= 0.6 is 11.8 Å². The Morgan fingerprint density at radius 1 is 1.44 bits per heavy atom. The molecule has 0 saturated carbocycles. The first-order valence-corrected chi connectivity index (χ1v) is 6.52. The van der Waals surface area contributed by atoms with Crippen LogP contribution in [-0.4, -0.2) is 29.2 Å². The molecule has 1 rings (SSSR count). The molecule has 0 bridgehead atoms. The van der Waals surface area contributed by atoms with Crippen LogP contribution in [0.15, 0.2) is 23.2 Å². The maximum atomic E-state index is 11.4. The van der Waals surface area contributed by atoms with Crippen molar-refractivity contribution in [2.45, 2.75) is 18.2 Å². The van der Waals surface area contributed by atoms with Crippen molar-refractivity contribution in [3.05, 3.63) is 18.3 Å². The van der Waals surface area contributed by atoms with Crippen molar-refractivity contribution in [1.29, 1.82) is 0 Å². The molecule has 7 heteroatoms. The average molecular weight is 268 g/mol. The van der Waals surface area contributed by atoms with E-state index in [1.165, 1.54) is 11.8 Å². The Kier molecular flexibility index (Phi) is 5.99. The highest BCUT2D eigenvalue weighted by atomic mass is 32.2. The Morgan fingerprint density at radius 2 is 2.22 bits per heavy atom. The molecular weight excluding hydrogens is 252 g/mol. The number of carbonyl (C=O) groups is 2. The lowest BCUT2D eigenvalue weighted by Crippen LogP contribution is -2.40. The van der Waals surface area contributed by atoms with Gasteiger partial charge < -0.3 is 11.1 Å². The van der Waals surface area contributed by atoms with Crippen molar-refractivity contribution in [2.75, 3.05) is 18.0 Å². The Labute approximate surface area is 110 Å². The highest BCUT2D eigenvalue weighted by Gasteiger charge is 2.07. The van der Waals surface area contributed by atoms with E-state index < -0.39 is 6.03 Å². The number of thioether (sulfide) groups is 1. The molecule has 1 heterocycles. The smallest absolute Gasteiger partial charge is 0.321 e. The predicted molar refractivity (Wildman–Crippen MR) is 71.2 cm³/mol. The second-order valence-electron chi connectivity index (χ2n) is 3.51. The van der Waals surface area contributed by atoms with E-state index in [9.17, 15) is 9.59 Å². The fourth-order valence-electron chi connectivity index (χ4n) is 1.07. The fraction of sp³-hybridized carbons (Fsp3) is 0.364. The van der Waals surface area contributed by atoms with Crippen LogP contribution in [0.25, 0.3) is 0 Å². The number of hydrogen-bond donors (Lipinski definition) is 3. The number of hydrogen-bond acceptors (Lipinski definition) is 5. The number of amides is 3. The molecule has 0 aliphatic rings. The van der Waals surface area contributed by atoms with Crippen LogP contribution in [0.2, 0.25) is 0 Å². The largest absolute Gasteiger partial charge is 0.384 e. The maximum Gasteiger partial charge on any atom is 0.321 e. The van der Waals surface area contributed by atoms with Gasteiger partial charge >= 0.3 is 6.03 Å². The first-order valence-electron chi connectivity index (χ1n) is 5.54. The Hall–Kier alpha value is -1.76. The van der Waals surface area contributed by atoms with Crippen LogP contribution in [0.3, 0.4) is 0 Å². The topological polar surface area (TPSA) is 97.1 Å². The molecule has 0 atom stereocenters. The number of rotatable bonds is 5. The van der Waals surface area contributed by atoms with Gasteiger partial charge in [0.25, 0.3) is 0 Å². The van der Waals surface area contributed by atoms with Gasteiger partial charge in [0, 0.05) is 17.6 Å². The van der Waals surface area contributed by atoms with Gasteiger partial charge in [-0.05, 0) is 18.6 Å². The minimum Gasteiger partial charge on any atom is -0.384 e. The summed E-state index contributed by atoms with van der Waals surface area (Å²) in [5, 5.41) is 4.80. The number of urea groups is 1. The van der Waals surface area contributed by atoms with E-state index in [0.29, 0.717) is 12.4 Å². The van der Waals surface area contributed by atoms with Crippen molar-refractivity contribution < 1.29 is 9.59 Å². The van der Waals surface area contributed by atoms with Crippen LogP contribution in [0, 0.1) is 0 Å². The molecular formula is C11H16N4O2S. The third-order valence-electron chi connectivity index (χ3n) is 1.92. The molecule has 98 valence electrons. The summed E-state index contributed by atoms with van der Waals surface area (Å²) in [6.45, 7) is 2.49. The lowest BCUT2D eigenvalue weighted by atomic mass is 10.5. The Morgan fingerprint density at radius 3 is 2.83 bits per heavy atom. The highest BCUT2D eigenvalue weighted by molar-refractivity contribution is 8.00. The summed E-state index contributed by atoms with van der Waals surface area (Å²) in [5.74, 6) is 0.249. The molecule has 0 aliphatic heterocycles. The van der Waals surface area contributed by atoms with Crippen molar-refractivity contribution in [2.24, 2.45) is 0 Å². The van der Waals surface area contributed by atoms with Crippen molar-refractivity contribution in [3.63, 3.8) is 0 Å². The zero-order valence-corrected chi connectivity index (χ0v) is 10.9. The molecule has 1 aromatic rings. The van der Waals surface area contributed by atoms with Gasteiger partial charge in [-0.15, -0.1) is 11.8 Å². The van der Waals surface area contributed by atoms with Crippen LogP contribution in [0.1, 0.15) is 13.3 Å². The van der Waals surface area contributed by atoms with Crippen molar-refractivity contribution >= 4 is 29.5 Å². The third-order valence-corrected chi connectivity index (χ3v) is 2.90. The second kappa shape index (κ2) is 7.54. The number of nitrogens with two attached hydrogens (primary N) is 1. The fourth-order valence-corrected chi connectivity index (χ4v) is 1.73. The number of nitrogen functional groups attached to an aromatic ring is 1. The quantitative estimate of drug-likeness (QED) is 0.692. The zero-order chi connectivity index (χ0) is 13.4. The van der Waals surface area contributed by atoms with Crippen LogP contribution in [-0.2, 0) is 4.79 Å². The van der Waals surface area contributed by atoms with Crippen LogP contribution in [0.5, 0.6) is 0 Å². The maximum absolute atomic E-state index is 11.4. The first kappa shape index (κ1) is 14.3. The summed E-state index contributed by atoms with van der Waals surface area (Å²) in [7, 11) is 0. The normalized spacial score (nSPS) is 9.83. The van der Waals surface area contributed by atoms with Gasteiger partial charge in [-0.25, -0.2) is 9.78 Å². The molecule has 0 spiro atoms. The van der Waals surface area contributed by atoms with E-state index in [4.69, 9.17) is 5.73 Å². The Balaban J connectivity index is 2.28. The highest BCUT2D eigenvalue weighted by Crippen LogP contribution is 2.16. The van der Waals surface area contributed by atoms with Gasteiger partial charge in [0.1, 0.15) is 5.82 Å². The molecule has 0 aliphatic carbocycles. The molecule has 0 unspecified atom stereocenters. The molecule has 0 radical (unpaired) electrons. The molecule has 3 amide bonds. The summed E-state index contributed by atoms with van der Waals surface area (Å²) in [6, 6.07) is 2.98. The summed E-state index contributed by atoms with van der Waals surface area (Å²) in [5.41, 5.74) is 5.44. The minimum absolute atomic E-state index is 0.158. The first-order chi connectivity index (χ1) is 8.61. The molecule has 0 aromatic carbocycles. The molecule has 6 nitrogen and oxygen atoms in total. The lowest BCUT2D eigenvalue weighted by molar-refractivity contribution is -0.117. The summed E-state index contributed by atoms with van der Waals surface area (Å²) in [4.78, 5) is 27.3. The number of anilines is 1. The van der Waals surface area contributed by atoms with E-state index in [-0.39, 0.29) is 11.7 Å². The summed E-state index contributed by atoms with van der Waals surface area (Å²) in [6.07, 6.45) is 2.41. The monoisotopic (exact) mass is 268 g/mol. The number of aromatic nitrogens is 1. The van der Waals surface area contributed by atoms with Gasteiger partial charge in [-0.2, -0.15) is 0 Å². The minimum atomic E-state index is -0.460. The number of carbonyl (C=O) groups excluding carboxylic acids is 2. The molecule has 0 saturated heterocycles. The van der Waals surface area contributed by atoms with E-state index >= 15 is 0 Å². The van der Waals surface area contributed by atoms with E-state index in [2.05, 4.69) is 15.6 Å². The molecule has 0 fully saturated rings. The standard InChI is InChI=1S/C11H16N4O2S/c1-2-5-13-11(17)15-10(16)7-18-8-3-4-9(12)14-6-8/h3-4,6H,2,5,7H2,1H3,(H2,12,14)(H2,13,15,16,17). The number of pyridine rings is 1. The number of imide groups is 1. The molecule has 18 heavy (non-hydrogen) atoms. The number of nitrogens with zero attached hydrogens (tertiary/aromatic N) is 1. The van der Waals surface area contributed by atoms with E-state index in [0.717, 1.165) is 11.3 Å². The predicted octanol–water partition coefficient (Wildman–Crippen LogP) is 0.992.